The van der Waals surface area contributed by atoms with Crippen LogP contribution in [0.3, 0.4) is 0 Å². The SMILES string of the molecule is CCCCn1cc[n+](CC(=O)Nc2ccc(F)cc2)c1C. The van der Waals surface area contributed by atoms with Gasteiger partial charge in [-0.3, -0.25) is 4.79 Å². The number of hydrogen-bond acceptors (Lipinski definition) is 1. The number of carbonyl (C=O) groups is 1. The summed E-state index contributed by atoms with van der Waals surface area (Å²) >= 11 is 0. The minimum atomic E-state index is -0.314. The Kier molecular flexibility index (Phi) is 5.09. The third kappa shape index (κ3) is 4.15. The Labute approximate surface area is 124 Å². The molecule has 1 amide bonds. The fourth-order valence-electron chi connectivity index (χ4n) is 2.16. The van der Waals surface area contributed by atoms with Gasteiger partial charge in [0.25, 0.3) is 11.7 Å². The highest BCUT2D eigenvalue weighted by molar-refractivity contribution is 5.89. The van der Waals surface area contributed by atoms with E-state index < -0.39 is 0 Å². The minimum Gasteiger partial charge on any atom is -0.323 e. The van der Waals surface area contributed by atoms with E-state index >= 15 is 0 Å². The van der Waals surface area contributed by atoms with Gasteiger partial charge in [0.1, 0.15) is 18.2 Å². The topological polar surface area (TPSA) is 37.9 Å². The molecule has 1 N–H and O–H groups in total. The monoisotopic (exact) mass is 290 g/mol. The van der Waals surface area contributed by atoms with Crippen LogP contribution < -0.4 is 9.88 Å². The fourth-order valence-corrected chi connectivity index (χ4v) is 2.16. The average molecular weight is 290 g/mol. The molecule has 0 spiro atoms. The molecule has 5 heteroatoms. The summed E-state index contributed by atoms with van der Waals surface area (Å²) in [4.78, 5) is 12.0. The normalized spacial score (nSPS) is 10.6. The third-order valence-corrected chi connectivity index (χ3v) is 3.45. The fraction of sp³-hybridized carbons (Fsp3) is 0.375. The maximum absolute atomic E-state index is 12.8. The standard InChI is InChI=1S/C16H20FN3O/c1-3-4-9-19-10-11-20(13(19)2)12-16(21)18-15-7-5-14(17)6-8-15/h5-8,10-11H,3-4,9,12H2,1-2H3/p+1. The van der Waals surface area contributed by atoms with Crippen molar-refractivity contribution in [2.24, 2.45) is 0 Å². The summed E-state index contributed by atoms with van der Waals surface area (Å²) in [5.41, 5.74) is 0.602. The number of anilines is 1. The Balaban J connectivity index is 1.96. The number of aryl methyl sites for hydroxylation is 1. The van der Waals surface area contributed by atoms with Crippen molar-refractivity contribution in [1.82, 2.24) is 4.57 Å². The van der Waals surface area contributed by atoms with Gasteiger partial charge in [-0.2, -0.15) is 0 Å². The zero-order valence-corrected chi connectivity index (χ0v) is 12.5. The van der Waals surface area contributed by atoms with E-state index in [1.165, 1.54) is 12.1 Å². The van der Waals surface area contributed by atoms with E-state index in [9.17, 15) is 9.18 Å². The van der Waals surface area contributed by atoms with Crippen molar-refractivity contribution in [3.8, 4) is 0 Å². The van der Waals surface area contributed by atoms with Crippen LogP contribution in [0.1, 0.15) is 25.6 Å². The molecule has 1 aromatic carbocycles. The molecule has 1 aromatic heterocycles. The highest BCUT2D eigenvalue weighted by atomic mass is 19.1. The van der Waals surface area contributed by atoms with Crippen LogP contribution in [0.2, 0.25) is 0 Å². The van der Waals surface area contributed by atoms with Crippen molar-refractivity contribution in [3.05, 3.63) is 48.3 Å². The van der Waals surface area contributed by atoms with E-state index in [-0.39, 0.29) is 18.3 Å². The Bertz CT molecular complexity index is 604. The Morgan fingerprint density at radius 1 is 1.33 bits per heavy atom. The first-order valence-electron chi connectivity index (χ1n) is 7.20. The van der Waals surface area contributed by atoms with Crippen molar-refractivity contribution < 1.29 is 13.8 Å². The maximum atomic E-state index is 12.8. The number of imidazole rings is 1. The number of benzene rings is 1. The predicted octanol–water partition coefficient (Wildman–Crippen LogP) is 2.66. The molecule has 2 aromatic rings. The molecule has 0 saturated heterocycles. The van der Waals surface area contributed by atoms with Crippen molar-refractivity contribution in [2.75, 3.05) is 5.32 Å². The summed E-state index contributed by atoms with van der Waals surface area (Å²) in [6, 6.07) is 5.76. The maximum Gasteiger partial charge on any atom is 0.266 e. The molecule has 0 bridgehead atoms. The van der Waals surface area contributed by atoms with Gasteiger partial charge in [-0.1, -0.05) is 13.3 Å². The first kappa shape index (κ1) is 15.2. The lowest BCUT2D eigenvalue weighted by Gasteiger charge is -2.04. The smallest absolute Gasteiger partial charge is 0.266 e. The lowest BCUT2D eigenvalue weighted by molar-refractivity contribution is -0.689. The van der Waals surface area contributed by atoms with Crippen LogP contribution in [0.25, 0.3) is 0 Å². The molecular weight excluding hydrogens is 269 g/mol. The summed E-state index contributed by atoms with van der Waals surface area (Å²) in [5.74, 6) is 0.617. The predicted molar refractivity (Wildman–Crippen MR) is 79.3 cm³/mol. The van der Waals surface area contributed by atoms with E-state index in [2.05, 4.69) is 16.8 Å². The van der Waals surface area contributed by atoms with Crippen molar-refractivity contribution in [2.45, 2.75) is 39.8 Å². The molecule has 112 valence electrons. The molecule has 0 aliphatic carbocycles. The molecule has 21 heavy (non-hydrogen) atoms. The van der Waals surface area contributed by atoms with Crippen LogP contribution in [-0.4, -0.2) is 10.5 Å². The highest BCUT2D eigenvalue weighted by Crippen LogP contribution is 2.08. The molecule has 0 atom stereocenters. The van der Waals surface area contributed by atoms with Gasteiger partial charge in [0.05, 0.1) is 6.54 Å². The molecule has 0 aliphatic rings. The van der Waals surface area contributed by atoms with E-state index in [4.69, 9.17) is 0 Å². The third-order valence-electron chi connectivity index (χ3n) is 3.45. The average Bonchev–Trinajstić information content (AvgIpc) is 2.80. The molecule has 0 radical (unpaired) electrons. The Morgan fingerprint density at radius 2 is 2.05 bits per heavy atom. The second-order valence-corrected chi connectivity index (χ2v) is 5.08. The second kappa shape index (κ2) is 7.02. The van der Waals surface area contributed by atoms with Gasteiger partial charge in [0, 0.05) is 12.6 Å². The number of unbranched alkanes of at least 4 members (excludes halogenated alkanes) is 1. The first-order chi connectivity index (χ1) is 10.1. The number of nitrogens with zero attached hydrogens (tertiary/aromatic N) is 2. The number of halogens is 1. The van der Waals surface area contributed by atoms with E-state index in [0.29, 0.717) is 5.69 Å². The number of nitrogens with one attached hydrogen (secondary N) is 1. The van der Waals surface area contributed by atoms with E-state index in [1.54, 1.807) is 12.1 Å². The number of aromatic nitrogens is 2. The van der Waals surface area contributed by atoms with Gasteiger partial charge in [0.2, 0.25) is 0 Å². The van der Waals surface area contributed by atoms with E-state index in [0.717, 1.165) is 25.2 Å². The molecule has 0 aliphatic heterocycles. The summed E-state index contributed by atoms with van der Waals surface area (Å²) in [5, 5.41) is 2.76. The van der Waals surface area contributed by atoms with Gasteiger partial charge >= 0.3 is 0 Å². The van der Waals surface area contributed by atoms with Crippen LogP contribution in [0.4, 0.5) is 10.1 Å². The van der Waals surface area contributed by atoms with Crippen molar-refractivity contribution in [1.29, 1.82) is 0 Å². The van der Waals surface area contributed by atoms with Crippen LogP contribution in [-0.2, 0) is 17.9 Å². The summed E-state index contributed by atoms with van der Waals surface area (Å²) in [6.45, 7) is 5.38. The van der Waals surface area contributed by atoms with Crippen molar-refractivity contribution >= 4 is 11.6 Å². The van der Waals surface area contributed by atoms with Gasteiger partial charge < -0.3 is 5.32 Å². The molecule has 4 nitrogen and oxygen atoms in total. The molecular formula is C16H21FN3O+. The van der Waals surface area contributed by atoms with Crippen LogP contribution in [0, 0.1) is 12.7 Å². The quantitative estimate of drug-likeness (QED) is 0.816. The largest absolute Gasteiger partial charge is 0.323 e. The highest BCUT2D eigenvalue weighted by Gasteiger charge is 2.15. The summed E-state index contributed by atoms with van der Waals surface area (Å²) in [6.07, 6.45) is 6.17. The second-order valence-electron chi connectivity index (χ2n) is 5.08. The van der Waals surface area contributed by atoms with Gasteiger partial charge in [-0.05, 0) is 30.7 Å². The van der Waals surface area contributed by atoms with Gasteiger partial charge in [-0.15, -0.1) is 0 Å². The first-order valence-corrected chi connectivity index (χ1v) is 7.20. The minimum absolute atomic E-state index is 0.122. The molecule has 2 rings (SSSR count). The Morgan fingerprint density at radius 3 is 2.71 bits per heavy atom. The molecule has 0 saturated carbocycles. The van der Waals surface area contributed by atoms with Crippen LogP contribution in [0.15, 0.2) is 36.7 Å². The van der Waals surface area contributed by atoms with Gasteiger partial charge in [-0.25, -0.2) is 13.5 Å². The van der Waals surface area contributed by atoms with Crippen LogP contribution >= 0.6 is 0 Å². The Hall–Kier alpha value is -2.17. The molecule has 0 fully saturated rings. The van der Waals surface area contributed by atoms with Crippen LogP contribution in [0.5, 0.6) is 0 Å². The summed E-state index contributed by atoms with van der Waals surface area (Å²) < 4.78 is 16.9. The lowest BCUT2D eigenvalue weighted by Crippen LogP contribution is -2.41. The van der Waals surface area contributed by atoms with Crippen molar-refractivity contribution in [3.63, 3.8) is 0 Å². The number of carbonyl (C=O) groups excluding carboxylic acids is 1. The van der Waals surface area contributed by atoms with E-state index in [1.807, 2.05) is 23.9 Å². The molecule has 0 unspecified atom stereocenters. The number of hydrogen-bond donors (Lipinski definition) is 1. The zero-order valence-electron chi connectivity index (χ0n) is 12.5. The molecule has 1 heterocycles. The number of rotatable bonds is 6. The van der Waals surface area contributed by atoms with Gasteiger partial charge in [0.15, 0.2) is 6.54 Å². The summed E-state index contributed by atoms with van der Waals surface area (Å²) in [7, 11) is 0. The number of amides is 1. The zero-order chi connectivity index (χ0) is 15.2. The lowest BCUT2D eigenvalue weighted by atomic mass is 10.3.